The standard InChI is InChI=1S/C9H17NS/c10-7-4-8-11-9-5-2-1-3-6-9/h2,5,9H,1,3-4,6-8,10H2. The maximum atomic E-state index is 5.41. The third-order valence-electron chi connectivity index (χ3n) is 1.89. The van der Waals surface area contributed by atoms with Gasteiger partial charge < -0.3 is 5.73 Å². The Balaban J connectivity index is 2.05. The lowest BCUT2D eigenvalue weighted by atomic mass is 10.1. The van der Waals surface area contributed by atoms with Crippen LogP contribution in [-0.2, 0) is 0 Å². The number of nitrogens with two attached hydrogens (primary N) is 1. The fraction of sp³-hybridized carbons (Fsp3) is 0.778. The summed E-state index contributed by atoms with van der Waals surface area (Å²) in [7, 11) is 0. The molecular weight excluding hydrogens is 154 g/mol. The Kier molecular flexibility index (Phi) is 4.71. The second-order valence-electron chi connectivity index (χ2n) is 2.91. The van der Waals surface area contributed by atoms with E-state index in [0.29, 0.717) is 0 Å². The monoisotopic (exact) mass is 171 g/mol. The van der Waals surface area contributed by atoms with Crippen LogP contribution in [-0.4, -0.2) is 17.5 Å². The molecule has 0 aliphatic heterocycles. The molecule has 0 heterocycles. The van der Waals surface area contributed by atoms with Gasteiger partial charge in [0.25, 0.3) is 0 Å². The highest BCUT2D eigenvalue weighted by molar-refractivity contribution is 8.00. The van der Waals surface area contributed by atoms with Crippen LogP contribution < -0.4 is 5.73 Å². The molecule has 1 aliphatic carbocycles. The van der Waals surface area contributed by atoms with Crippen LogP contribution in [0.25, 0.3) is 0 Å². The Hall–Kier alpha value is 0.0500. The lowest BCUT2D eigenvalue weighted by Gasteiger charge is -2.14. The van der Waals surface area contributed by atoms with Crippen LogP contribution in [0.3, 0.4) is 0 Å². The molecule has 2 N–H and O–H groups in total. The van der Waals surface area contributed by atoms with Gasteiger partial charge in [-0.3, -0.25) is 0 Å². The van der Waals surface area contributed by atoms with Crippen molar-refractivity contribution in [2.75, 3.05) is 12.3 Å². The molecule has 1 rings (SSSR count). The molecule has 64 valence electrons. The van der Waals surface area contributed by atoms with Gasteiger partial charge in [-0.25, -0.2) is 0 Å². The van der Waals surface area contributed by atoms with E-state index in [-0.39, 0.29) is 0 Å². The highest BCUT2D eigenvalue weighted by atomic mass is 32.2. The molecule has 2 heteroatoms. The fourth-order valence-corrected chi connectivity index (χ4v) is 2.43. The Labute approximate surface area is 73.4 Å². The molecule has 0 saturated carbocycles. The van der Waals surface area contributed by atoms with Gasteiger partial charge in [-0.1, -0.05) is 12.2 Å². The van der Waals surface area contributed by atoms with Gasteiger partial charge in [0.2, 0.25) is 0 Å². The zero-order chi connectivity index (χ0) is 7.94. The molecule has 0 amide bonds. The van der Waals surface area contributed by atoms with Crippen molar-refractivity contribution in [3.8, 4) is 0 Å². The Morgan fingerprint density at radius 2 is 2.45 bits per heavy atom. The third-order valence-corrected chi connectivity index (χ3v) is 3.24. The maximum absolute atomic E-state index is 5.41. The largest absolute Gasteiger partial charge is 0.330 e. The molecule has 1 unspecified atom stereocenters. The minimum absolute atomic E-state index is 0.787. The second kappa shape index (κ2) is 5.67. The van der Waals surface area contributed by atoms with Crippen LogP contribution in [0, 0.1) is 0 Å². The Bertz CT molecular complexity index is 123. The van der Waals surface area contributed by atoms with E-state index in [0.717, 1.165) is 18.2 Å². The quantitative estimate of drug-likeness (QED) is 0.518. The first-order valence-corrected chi connectivity index (χ1v) is 5.46. The van der Waals surface area contributed by atoms with Crippen molar-refractivity contribution < 1.29 is 0 Å². The first-order chi connectivity index (χ1) is 5.43. The molecule has 1 aliphatic rings. The van der Waals surface area contributed by atoms with Crippen LogP contribution in [0.15, 0.2) is 12.2 Å². The summed E-state index contributed by atoms with van der Waals surface area (Å²) in [5.74, 6) is 1.23. The summed E-state index contributed by atoms with van der Waals surface area (Å²) in [4.78, 5) is 0. The first kappa shape index (κ1) is 9.14. The zero-order valence-corrected chi connectivity index (χ0v) is 7.78. The van der Waals surface area contributed by atoms with E-state index in [1.54, 1.807) is 0 Å². The van der Waals surface area contributed by atoms with Gasteiger partial charge in [-0.05, 0) is 38.0 Å². The number of allylic oxidation sites excluding steroid dienone is 1. The van der Waals surface area contributed by atoms with Crippen molar-refractivity contribution in [3.05, 3.63) is 12.2 Å². The third kappa shape index (κ3) is 3.82. The van der Waals surface area contributed by atoms with Crippen molar-refractivity contribution in [3.63, 3.8) is 0 Å². The van der Waals surface area contributed by atoms with Gasteiger partial charge in [0.15, 0.2) is 0 Å². The zero-order valence-electron chi connectivity index (χ0n) is 6.96. The highest BCUT2D eigenvalue weighted by Gasteiger charge is 2.07. The summed E-state index contributed by atoms with van der Waals surface area (Å²) in [5.41, 5.74) is 5.41. The summed E-state index contributed by atoms with van der Waals surface area (Å²) in [5, 5.41) is 0.787. The van der Waals surface area contributed by atoms with Gasteiger partial charge in [0.1, 0.15) is 0 Å². The molecule has 0 fully saturated rings. The summed E-state index contributed by atoms with van der Waals surface area (Å²) in [6.07, 6.45) is 9.85. The molecule has 0 radical (unpaired) electrons. The lowest BCUT2D eigenvalue weighted by Crippen LogP contribution is -2.06. The molecule has 0 bridgehead atoms. The van der Waals surface area contributed by atoms with E-state index < -0.39 is 0 Å². The van der Waals surface area contributed by atoms with Crippen LogP contribution in [0.5, 0.6) is 0 Å². The van der Waals surface area contributed by atoms with Crippen molar-refractivity contribution in [2.45, 2.75) is 30.9 Å². The SMILES string of the molecule is NCCCSC1C=CCCC1. The predicted octanol–water partition coefficient (Wildman–Crippen LogP) is 2.18. The smallest absolute Gasteiger partial charge is 0.0227 e. The van der Waals surface area contributed by atoms with E-state index in [4.69, 9.17) is 5.73 Å². The van der Waals surface area contributed by atoms with Crippen LogP contribution in [0.1, 0.15) is 25.7 Å². The first-order valence-electron chi connectivity index (χ1n) is 4.42. The molecule has 11 heavy (non-hydrogen) atoms. The molecular formula is C9H17NS. The lowest BCUT2D eigenvalue weighted by molar-refractivity contribution is 0.740. The average Bonchev–Trinajstić information content (AvgIpc) is 2.07. The summed E-state index contributed by atoms with van der Waals surface area (Å²) >= 11 is 2.06. The molecule has 0 aromatic carbocycles. The van der Waals surface area contributed by atoms with Crippen LogP contribution in [0.4, 0.5) is 0 Å². The fourth-order valence-electron chi connectivity index (χ4n) is 1.24. The van der Waals surface area contributed by atoms with Gasteiger partial charge in [0, 0.05) is 5.25 Å². The van der Waals surface area contributed by atoms with Crippen LogP contribution >= 0.6 is 11.8 Å². The van der Waals surface area contributed by atoms with Crippen molar-refractivity contribution in [1.29, 1.82) is 0 Å². The average molecular weight is 171 g/mol. The second-order valence-corrected chi connectivity index (χ2v) is 4.26. The number of thioether (sulfide) groups is 1. The molecule has 0 spiro atoms. The van der Waals surface area contributed by atoms with Gasteiger partial charge in [-0.15, -0.1) is 0 Å². The van der Waals surface area contributed by atoms with E-state index in [1.165, 1.54) is 25.0 Å². The van der Waals surface area contributed by atoms with E-state index in [2.05, 4.69) is 23.9 Å². The van der Waals surface area contributed by atoms with E-state index in [9.17, 15) is 0 Å². The molecule has 1 nitrogen and oxygen atoms in total. The summed E-state index contributed by atoms with van der Waals surface area (Å²) in [6.45, 7) is 0.837. The van der Waals surface area contributed by atoms with Gasteiger partial charge in [0.05, 0.1) is 0 Å². The van der Waals surface area contributed by atoms with E-state index >= 15 is 0 Å². The van der Waals surface area contributed by atoms with Gasteiger partial charge >= 0.3 is 0 Å². The van der Waals surface area contributed by atoms with Crippen LogP contribution in [0.2, 0.25) is 0 Å². The summed E-state index contributed by atoms with van der Waals surface area (Å²) in [6, 6.07) is 0. The van der Waals surface area contributed by atoms with Crippen molar-refractivity contribution in [2.24, 2.45) is 5.73 Å². The molecule has 1 atom stereocenters. The van der Waals surface area contributed by atoms with Crippen molar-refractivity contribution >= 4 is 11.8 Å². The number of hydrogen-bond acceptors (Lipinski definition) is 2. The van der Waals surface area contributed by atoms with E-state index in [1.807, 2.05) is 0 Å². The topological polar surface area (TPSA) is 26.0 Å². The normalized spacial score (nSPS) is 23.9. The summed E-state index contributed by atoms with van der Waals surface area (Å²) < 4.78 is 0. The molecule has 0 saturated heterocycles. The highest BCUT2D eigenvalue weighted by Crippen LogP contribution is 2.23. The van der Waals surface area contributed by atoms with Gasteiger partial charge in [-0.2, -0.15) is 11.8 Å². The molecule has 0 aromatic heterocycles. The number of hydrogen-bond donors (Lipinski definition) is 1. The Morgan fingerprint density at radius 3 is 3.09 bits per heavy atom. The minimum Gasteiger partial charge on any atom is -0.330 e. The van der Waals surface area contributed by atoms with Crippen molar-refractivity contribution in [1.82, 2.24) is 0 Å². The maximum Gasteiger partial charge on any atom is 0.0227 e. The number of rotatable bonds is 4. The molecule has 0 aromatic rings. The minimum atomic E-state index is 0.787. The predicted molar refractivity (Wildman–Crippen MR) is 52.9 cm³/mol. The Morgan fingerprint density at radius 1 is 1.55 bits per heavy atom.